The van der Waals surface area contributed by atoms with Crippen molar-refractivity contribution < 1.29 is 22.4 Å². The van der Waals surface area contributed by atoms with E-state index in [0.29, 0.717) is 0 Å². The Hall–Kier alpha value is -1.46. The summed E-state index contributed by atoms with van der Waals surface area (Å²) >= 11 is 0. The molecule has 1 heterocycles. The van der Waals surface area contributed by atoms with Gasteiger partial charge in [0.15, 0.2) is 0 Å². The van der Waals surface area contributed by atoms with Crippen LogP contribution in [0.4, 0.5) is 13.2 Å². The van der Waals surface area contributed by atoms with E-state index >= 15 is 0 Å². The van der Waals surface area contributed by atoms with Gasteiger partial charge in [-0.1, -0.05) is 13.8 Å². The molecule has 1 N–H and O–H groups in total. The molecule has 1 amide bonds. The Morgan fingerprint density at radius 2 is 2.06 bits per heavy atom. The third-order valence-electron chi connectivity index (χ3n) is 2.17. The molecular formula is C11H14F3NO2. The van der Waals surface area contributed by atoms with Gasteiger partial charge < -0.3 is 9.73 Å². The van der Waals surface area contributed by atoms with E-state index in [2.05, 4.69) is 9.73 Å². The molecule has 0 aromatic carbocycles. The van der Waals surface area contributed by atoms with Crippen LogP contribution in [0.25, 0.3) is 0 Å². The largest absolute Gasteiger partial charge is 0.456 e. The smallest absolute Gasteiger partial charge is 0.449 e. The standard InChI is InChI=1S/C11H14F3NO2/c1-6(2)10(16)15-5-8-4-7(3)17-9(8)11(12,13)14/h4,6H,5H2,1-3H3,(H,15,16). The molecule has 0 saturated carbocycles. The van der Waals surface area contributed by atoms with Crippen LogP contribution in [0.2, 0.25) is 0 Å². The van der Waals surface area contributed by atoms with Gasteiger partial charge in [0.1, 0.15) is 5.76 Å². The van der Waals surface area contributed by atoms with Crippen molar-refractivity contribution >= 4 is 5.91 Å². The highest BCUT2D eigenvalue weighted by molar-refractivity contribution is 5.77. The van der Waals surface area contributed by atoms with Gasteiger partial charge in [-0.2, -0.15) is 13.2 Å². The zero-order chi connectivity index (χ0) is 13.2. The van der Waals surface area contributed by atoms with E-state index in [1.54, 1.807) is 13.8 Å². The van der Waals surface area contributed by atoms with Gasteiger partial charge >= 0.3 is 6.18 Å². The fraction of sp³-hybridized carbons (Fsp3) is 0.545. The molecule has 0 saturated heterocycles. The number of hydrogen-bond donors (Lipinski definition) is 1. The molecule has 0 aliphatic rings. The molecule has 0 atom stereocenters. The molecule has 0 bridgehead atoms. The normalized spacial score (nSPS) is 11.9. The topological polar surface area (TPSA) is 42.2 Å². The highest BCUT2D eigenvalue weighted by atomic mass is 19.4. The van der Waals surface area contributed by atoms with Crippen molar-refractivity contribution in [1.29, 1.82) is 0 Å². The summed E-state index contributed by atoms with van der Waals surface area (Å²) in [6.07, 6.45) is -4.54. The number of amides is 1. The Morgan fingerprint density at radius 1 is 1.47 bits per heavy atom. The van der Waals surface area contributed by atoms with Gasteiger partial charge in [0.05, 0.1) is 0 Å². The molecule has 0 aliphatic carbocycles. The third-order valence-corrected chi connectivity index (χ3v) is 2.17. The van der Waals surface area contributed by atoms with Crippen molar-refractivity contribution in [3.05, 3.63) is 23.2 Å². The Morgan fingerprint density at radius 3 is 2.53 bits per heavy atom. The first-order valence-electron chi connectivity index (χ1n) is 5.16. The second kappa shape index (κ2) is 4.81. The average Bonchev–Trinajstić information content (AvgIpc) is 2.55. The quantitative estimate of drug-likeness (QED) is 0.895. The predicted molar refractivity (Wildman–Crippen MR) is 55.1 cm³/mol. The monoisotopic (exact) mass is 249 g/mol. The zero-order valence-electron chi connectivity index (χ0n) is 9.81. The fourth-order valence-corrected chi connectivity index (χ4v) is 1.32. The molecule has 1 aromatic rings. The summed E-state index contributed by atoms with van der Waals surface area (Å²) in [6.45, 7) is 4.59. The van der Waals surface area contributed by atoms with Crippen molar-refractivity contribution in [3.8, 4) is 0 Å². The number of halogens is 3. The lowest BCUT2D eigenvalue weighted by Crippen LogP contribution is -2.27. The molecular weight excluding hydrogens is 235 g/mol. The molecule has 0 fully saturated rings. The molecule has 1 rings (SSSR count). The number of hydrogen-bond acceptors (Lipinski definition) is 2. The van der Waals surface area contributed by atoms with Crippen LogP contribution in [0.1, 0.15) is 30.9 Å². The van der Waals surface area contributed by atoms with E-state index in [1.807, 2.05) is 0 Å². The summed E-state index contributed by atoms with van der Waals surface area (Å²) in [4.78, 5) is 11.3. The Balaban J connectivity index is 2.81. The van der Waals surface area contributed by atoms with E-state index in [4.69, 9.17) is 0 Å². The Kier molecular flexibility index (Phi) is 3.85. The second-order valence-electron chi connectivity index (χ2n) is 4.08. The number of carbonyl (C=O) groups excluding carboxylic acids is 1. The minimum atomic E-state index is -4.54. The lowest BCUT2D eigenvalue weighted by Gasteiger charge is -2.09. The van der Waals surface area contributed by atoms with E-state index in [9.17, 15) is 18.0 Å². The zero-order valence-corrected chi connectivity index (χ0v) is 9.81. The number of rotatable bonds is 3. The van der Waals surface area contributed by atoms with Gasteiger partial charge in [-0.05, 0) is 13.0 Å². The average molecular weight is 249 g/mol. The van der Waals surface area contributed by atoms with E-state index < -0.39 is 11.9 Å². The van der Waals surface area contributed by atoms with Gasteiger partial charge in [0.2, 0.25) is 11.7 Å². The lowest BCUT2D eigenvalue weighted by molar-refractivity contribution is -0.154. The molecule has 96 valence electrons. The maximum absolute atomic E-state index is 12.5. The fourth-order valence-electron chi connectivity index (χ4n) is 1.32. The van der Waals surface area contributed by atoms with Gasteiger partial charge in [-0.3, -0.25) is 4.79 Å². The predicted octanol–water partition coefficient (Wildman–Crippen LogP) is 2.88. The molecule has 17 heavy (non-hydrogen) atoms. The second-order valence-corrected chi connectivity index (χ2v) is 4.08. The summed E-state index contributed by atoms with van der Waals surface area (Å²) in [7, 11) is 0. The molecule has 6 heteroatoms. The highest BCUT2D eigenvalue weighted by Gasteiger charge is 2.37. The summed E-state index contributed by atoms with van der Waals surface area (Å²) in [5, 5.41) is 2.43. The summed E-state index contributed by atoms with van der Waals surface area (Å²) in [6, 6.07) is 1.28. The number of alkyl halides is 3. The van der Waals surface area contributed by atoms with Crippen LogP contribution >= 0.6 is 0 Å². The van der Waals surface area contributed by atoms with Crippen LogP contribution in [-0.4, -0.2) is 5.91 Å². The van der Waals surface area contributed by atoms with Gasteiger partial charge in [-0.15, -0.1) is 0 Å². The molecule has 0 spiro atoms. The van der Waals surface area contributed by atoms with E-state index in [-0.39, 0.29) is 29.7 Å². The van der Waals surface area contributed by atoms with Crippen molar-refractivity contribution in [2.45, 2.75) is 33.5 Å². The maximum atomic E-state index is 12.5. The van der Waals surface area contributed by atoms with E-state index in [0.717, 1.165) is 0 Å². The van der Waals surface area contributed by atoms with Crippen LogP contribution in [0.5, 0.6) is 0 Å². The summed E-state index contributed by atoms with van der Waals surface area (Å²) in [5.41, 5.74) is -0.0519. The van der Waals surface area contributed by atoms with Crippen molar-refractivity contribution in [3.63, 3.8) is 0 Å². The van der Waals surface area contributed by atoms with Gasteiger partial charge in [0, 0.05) is 18.0 Å². The van der Waals surface area contributed by atoms with E-state index in [1.165, 1.54) is 13.0 Å². The molecule has 0 unspecified atom stereocenters. The minimum Gasteiger partial charge on any atom is -0.456 e. The highest BCUT2D eigenvalue weighted by Crippen LogP contribution is 2.33. The number of nitrogens with one attached hydrogen (secondary N) is 1. The van der Waals surface area contributed by atoms with Gasteiger partial charge in [0.25, 0.3) is 0 Å². The lowest BCUT2D eigenvalue weighted by atomic mass is 10.2. The molecule has 0 aliphatic heterocycles. The van der Waals surface area contributed by atoms with Crippen molar-refractivity contribution in [2.75, 3.05) is 0 Å². The first kappa shape index (κ1) is 13.6. The summed E-state index contributed by atoms with van der Waals surface area (Å²) < 4.78 is 42.2. The van der Waals surface area contributed by atoms with Crippen molar-refractivity contribution in [1.82, 2.24) is 5.32 Å². The third kappa shape index (κ3) is 3.51. The Bertz CT molecular complexity index is 407. The van der Waals surface area contributed by atoms with Crippen LogP contribution in [0, 0.1) is 12.8 Å². The van der Waals surface area contributed by atoms with Gasteiger partial charge in [-0.25, -0.2) is 0 Å². The Labute approximate surface area is 97.0 Å². The first-order chi connectivity index (χ1) is 7.71. The van der Waals surface area contributed by atoms with Crippen molar-refractivity contribution in [2.24, 2.45) is 5.92 Å². The maximum Gasteiger partial charge on any atom is 0.449 e. The SMILES string of the molecule is Cc1cc(CNC(=O)C(C)C)c(C(F)(F)F)o1. The summed E-state index contributed by atoms with van der Waals surface area (Å²) in [5.74, 6) is -1.43. The molecule has 1 aromatic heterocycles. The number of carbonyl (C=O) groups is 1. The minimum absolute atomic E-state index is 0.0519. The number of aryl methyl sites for hydroxylation is 1. The molecule has 0 radical (unpaired) electrons. The molecule has 3 nitrogen and oxygen atoms in total. The van der Waals surface area contributed by atoms with Crippen LogP contribution < -0.4 is 5.32 Å². The first-order valence-corrected chi connectivity index (χ1v) is 5.16. The van der Waals surface area contributed by atoms with Crippen LogP contribution in [0.15, 0.2) is 10.5 Å². The van der Waals surface area contributed by atoms with Crippen LogP contribution in [-0.2, 0) is 17.5 Å². The van der Waals surface area contributed by atoms with Crippen LogP contribution in [0.3, 0.4) is 0 Å². The number of furan rings is 1.